The van der Waals surface area contributed by atoms with Crippen molar-refractivity contribution >= 4 is 5.91 Å². The number of nitrogens with zero attached hydrogens (tertiary/aromatic N) is 2. The normalized spacial score (nSPS) is 17.5. The van der Waals surface area contributed by atoms with Gasteiger partial charge in [-0.25, -0.2) is 0 Å². The van der Waals surface area contributed by atoms with Crippen LogP contribution in [0.5, 0.6) is 0 Å². The summed E-state index contributed by atoms with van der Waals surface area (Å²) in [5.41, 5.74) is 0. The molecule has 16 heavy (non-hydrogen) atoms. The highest BCUT2D eigenvalue weighted by molar-refractivity contribution is 5.76. The Morgan fingerprint density at radius 2 is 2.06 bits per heavy atom. The molecule has 0 saturated carbocycles. The topological polar surface area (TPSA) is 23.6 Å². The Balaban J connectivity index is 2.25. The second kappa shape index (κ2) is 6.55. The SMILES string of the molecule is C#CCCCC(=O)N1CCC(N(C)C)CC1. The van der Waals surface area contributed by atoms with Crippen LogP contribution in [-0.4, -0.2) is 48.9 Å². The zero-order chi connectivity index (χ0) is 12.0. The highest BCUT2D eigenvalue weighted by Crippen LogP contribution is 2.15. The zero-order valence-corrected chi connectivity index (χ0v) is 10.4. The maximum Gasteiger partial charge on any atom is 0.222 e. The number of amides is 1. The summed E-state index contributed by atoms with van der Waals surface area (Å²) in [7, 11) is 4.21. The molecule has 1 fully saturated rings. The lowest BCUT2D eigenvalue weighted by molar-refractivity contribution is -0.132. The molecular weight excluding hydrogens is 200 g/mol. The molecule has 0 spiro atoms. The minimum atomic E-state index is 0.271. The molecule has 0 aromatic heterocycles. The summed E-state index contributed by atoms with van der Waals surface area (Å²) in [5, 5.41) is 0. The average Bonchev–Trinajstić information content (AvgIpc) is 2.29. The maximum absolute atomic E-state index is 11.8. The molecule has 0 atom stereocenters. The number of carbonyl (C=O) groups excluding carboxylic acids is 1. The van der Waals surface area contributed by atoms with Crippen molar-refractivity contribution in [2.24, 2.45) is 0 Å². The first-order chi connectivity index (χ1) is 7.65. The van der Waals surface area contributed by atoms with Crippen molar-refractivity contribution in [3.05, 3.63) is 0 Å². The van der Waals surface area contributed by atoms with Gasteiger partial charge in [-0.3, -0.25) is 4.79 Å². The van der Waals surface area contributed by atoms with Gasteiger partial charge in [-0.2, -0.15) is 0 Å². The van der Waals surface area contributed by atoms with Crippen LogP contribution in [0.2, 0.25) is 0 Å². The number of hydrogen-bond donors (Lipinski definition) is 0. The Morgan fingerprint density at radius 3 is 2.56 bits per heavy atom. The molecule has 1 aliphatic rings. The molecule has 0 bridgehead atoms. The summed E-state index contributed by atoms with van der Waals surface area (Å²) in [6.07, 6.45) is 9.49. The Morgan fingerprint density at radius 1 is 1.44 bits per heavy atom. The lowest BCUT2D eigenvalue weighted by Crippen LogP contribution is -2.44. The van der Waals surface area contributed by atoms with Gasteiger partial charge in [0.25, 0.3) is 0 Å². The molecule has 0 radical (unpaired) electrons. The molecule has 1 aliphatic heterocycles. The molecule has 3 nitrogen and oxygen atoms in total. The van der Waals surface area contributed by atoms with E-state index in [2.05, 4.69) is 24.9 Å². The van der Waals surface area contributed by atoms with E-state index >= 15 is 0 Å². The highest BCUT2D eigenvalue weighted by atomic mass is 16.2. The molecule has 1 saturated heterocycles. The standard InChI is InChI=1S/C13H22N2O/c1-4-5-6-7-13(16)15-10-8-12(9-11-15)14(2)3/h1,12H,5-11H2,2-3H3. The van der Waals surface area contributed by atoms with Crippen LogP contribution in [-0.2, 0) is 4.79 Å². The number of unbranched alkanes of at least 4 members (excludes halogenated alkanes) is 1. The van der Waals surface area contributed by atoms with Crippen molar-refractivity contribution in [1.82, 2.24) is 9.80 Å². The highest BCUT2D eigenvalue weighted by Gasteiger charge is 2.23. The van der Waals surface area contributed by atoms with Gasteiger partial charge in [0.15, 0.2) is 0 Å². The summed E-state index contributed by atoms with van der Waals surface area (Å²) in [6.45, 7) is 1.80. The van der Waals surface area contributed by atoms with E-state index in [9.17, 15) is 4.79 Å². The first kappa shape index (κ1) is 13.1. The molecule has 0 N–H and O–H groups in total. The van der Waals surface area contributed by atoms with Crippen LogP contribution in [0.25, 0.3) is 0 Å². The second-order valence-corrected chi connectivity index (χ2v) is 4.63. The third-order valence-corrected chi connectivity index (χ3v) is 3.26. The molecule has 1 heterocycles. The fourth-order valence-electron chi connectivity index (χ4n) is 2.13. The van der Waals surface area contributed by atoms with Gasteiger partial charge in [0.1, 0.15) is 0 Å². The van der Waals surface area contributed by atoms with Gasteiger partial charge in [-0.15, -0.1) is 12.3 Å². The van der Waals surface area contributed by atoms with Crippen molar-refractivity contribution in [3.63, 3.8) is 0 Å². The Bertz CT molecular complexity index is 260. The number of carbonyl (C=O) groups is 1. The predicted octanol–water partition coefficient (Wildman–Crippen LogP) is 1.34. The lowest BCUT2D eigenvalue weighted by atomic mass is 10.0. The van der Waals surface area contributed by atoms with E-state index in [-0.39, 0.29) is 5.91 Å². The third kappa shape index (κ3) is 3.86. The van der Waals surface area contributed by atoms with Crippen LogP contribution in [0.1, 0.15) is 32.1 Å². The molecule has 1 amide bonds. The second-order valence-electron chi connectivity index (χ2n) is 4.63. The summed E-state index contributed by atoms with van der Waals surface area (Å²) in [6, 6.07) is 0.634. The first-order valence-corrected chi connectivity index (χ1v) is 6.03. The minimum Gasteiger partial charge on any atom is -0.343 e. The Kier molecular flexibility index (Phi) is 5.34. The molecule has 90 valence electrons. The molecule has 1 rings (SSSR count). The van der Waals surface area contributed by atoms with Crippen LogP contribution in [0.3, 0.4) is 0 Å². The average molecular weight is 222 g/mol. The molecule has 0 aromatic rings. The van der Waals surface area contributed by atoms with Gasteiger partial charge in [0.2, 0.25) is 5.91 Å². The summed E-state index contributed by atoms with van der Waals surface area (Å²) in [4.78, 5) is 16.0. The largest absolute Gasteiger partial charge is 0.343 e. The van der Waals surface area contributed by atoms with Crippen molar-refractivity contribution < 1.29 is 4.79 Å². The van der Waals surface area contributed by atoms with Gasteiger partial charge in [0.05, 0.1) is 0 Å². The van der Waals surface area contributed by atoms with E-state index in [0.717, 1.165) is 32.4 Å². The van der Waals surface area contributed by atoms with E-state index < -0.39 is 0 Å². The van der Waals surface area contributed by atoms with Crippen LogP contribution >= 0.6 is 0 Å². The van der Waals surface area contributed by atoms with E-state index in [0.29, 0.717) is 18.9 Å². The predicted molar refractivity (Wildman–Crippen MR) is 66.0 cm³/mol. The molecule has 3 heteroatoms. The molecule has 0 aromatic carbocycles. The monoisotopic (exact) mass is 222 g/mol. The van der Waals surface area contributed by atoms with Gasteiger partial charge in [-0.05, 0) is 33.4 Å². The lowest BCUT2D eigenvalue weighted by Gasteiger charge is -2.35. The smallest absolute Gasteiger partial charge is 0.222 e. The van der Waals surface area contributed by atoms with Gasteiger partial charge >= 0.3 is 0 Å². The van der Waals surface area contributed by atoms with Crippen LogP contribution in [0.15, 0.2) is 0 Å². The van der Waals surface area contributed by atoms with Crippen molar-refractivity contribution in [2.45, 2.75) is 38.1 Å². The molecular formula is C13H22N2O. The van der Waals surface area contributed by atoms with E-state index in [1.54, 1.807) is 0 Å². The molecule has 0 aliphatic carbocycles. The van der Waals surface area contributed by atoms with Crippen molar-refractivity contribution in [2.75, 3.05) is 27.2 Å². The summed E-state index contributed by atoms with van der Waals surface area (Å²) in [5.74, 6) is 2.84. The fourth-order valence-corrected chi connectivity index (χ4v) is 2.13. The number of likely N-dealkylation sites (tertiary alicyclic amines) is 1. The third-order valence-electron chi connectivity index (χ3n) is 3.26. The van der Waals surface area contributed by atoms with Gasteiger partial charge in [0, 0.05) is 32.0 Å². The summed E-state index contributed by atoms with van der Waals surface area (Å²) >= 11 is 0. The van der Waals surface area contributed by atoms with Crippen molar-refractivity contribution in [3.8, 4) is 12.3 Å². The number of piperidine rings is 1. The maximum atomic E-state index is 11.8. The number of terminal acetylenes is 1. The first-order valence-electron chi connectivity index (χ1n) is 6.03. The quantitative estimate of drug-likeness (QED) is 0.529. The number of hydrogen-bond acceptors (Lipinski definition) is 2. The van der Waals surface area contributed by atoms with E-state index in [1.165, 1.54) is 0 Å². The van der Waals surface area contributed by atoms with E-state index in [4.69, 9.17) is 6.42 Å². The Hall–Kier alpha value is -1.01. The van der Waals surface area contributed by atoms with Gasteiger partial charge < -0.3 is 9.80 Å². The molecule has 0 unspecified atom stereocenters. The van der Waals surface area contributed by atoms with Gasteiger partial charge in [-0.1, -0.05) is 0 Å². The van der Waals surface area contributed by atoms with Crippen LogP contribution < -0.4 is 0 Å². The number of rotatable bonds is 4. The van der Waals surface area contributed by atoms with E-state index in [1.807, 2.05) is 4.90 Å². The minimum absolute atomic E-state index is 0.271. The Labute approximate surface area is 98.8 Å². The summed E-state index contributed by atoms with van der Waals surface area (Å²) < 4.78 is 0. The fraction of sp³-hybridized carbons (Fsp3) is 0.769. The van der Waals surface area contributed by atoms with Crippen LogP contribution in [0.4, 0.5) is 0 Å². The van der Waals surface area contributed by atoms with Crippen LogP contribution in [0, 0.1) is 12.3 Å². The van der Waals surface area contributed by atoms with Crippen molar-refractivity contribution in [1.29, 1.82) is 0 Å². The zero-order valence-electron chi connectivity index (χ0n) is 10.4.